The van der Waals surface area contributed by atoms with E-state index in [9.17, 15) is 4.79 Å². The summed E-state index contributed by atoms with van der Waals surface area (Å²) in [5.74, 6) is 0.590. The van der Waals surface area contributed by atoms with Crippen LogP contribution in [-0.4, -0.2) is 31.7 Å². The fourth-order valence-electron chi connectivity index (χ4n) is 1.64. The van der Waals surface area contributed by atoms with E-state index in [1.54, 1.807) is 0 Å². The highest BCUT2D eigenvalue weighted by Crippen LogP contribution is 2.08. The Labute approximate surface area is 91.5 Å². The smallest absolute Gasteiger partial charge is 0.220 e. The molecule has 1 saturated heterocycles. The van der Waals surface area contributed by atoms with Gasteiger partial charge in [-0.15, -0.1) is 0 Å². The molecule has 4 heteroatoms. The number of nitrogens with two attached hydrogens (primary N) is 1. The summed E-state index contributed by atoms with van der Waals surface area (Å²) in [6.07, 6.45) is 3.36. The summed E-state index contributed by atoms with van der Waals surface area (Å²) in [7, 11) is 0. The fourth-order valence-corrected chi connectivity index (χ4v) is 1.64. The van der Waals surface area contributed by atoms with Crippen LogP contribution in [0, 0.1) is 5.92 Å². The van der Waals surface area contributed by atoms with Crippen molar-refractivity contribution < 1.29 is 9.53 Å². The van der Waals surface area contributed by atoms with Gasteiger partial charge in [0.2, 0.25) is 5.91 Å². The molecule has 1 heterocycles. The van der Waals surface area contributed by atoms with E-state index in [1.807, 2.05) is 0 Å². The number of amides is 1. The molecule has 1 aliphatic rings. The van der Waals surface area contributed by atoms with Gasteiger partial charge in [0.05, 0.1) is 0 Å². The van der Waals surface area contributed by atoms with Crippen molar-refractivity contribution in [2.24, 2.45) is 11.7 Å². The molecule has 1 fully saturated rings. The standard InChI is InChI=1S/C11H22N2O2/c1-9(8-12)2-3-11(14)13-10-4-6-15-7-5-10/h9-10H,2-8,12H2,1H3,(H,13,14). The molecule has 1 rings (SSSR count). The van der Waals surface area contributed by atoms with Crippen molar-refractivity contribution in [1.82, 2.24) is 5.32 Å². The van der Waals surface area contributed by atoms with Crippen molar-refractivity contribution >= 4 is 5.91 Å². The second kappa shape index (κ2) is 6.80. The number of rotatable bonds is 5. The van der Waals surface area contributed by atoms with Crippen LogP contribution in [0.3, 0.4) is 0 Å². The molecule has 88 valence electrons. The maximum atomic E-state index is 11.5. The molecule has 0 aromatic heterocycles. The number of carbonyl (C=O) groups excluding carboxylic acids is 1. The molecule has 0 aromatic rings. The van der Waals surface area contributed by atoms with Gasteiger partial charge in [0.25, 0.3) is 0 Å². The van der Waals surface area contributed by atoms with Crippen LogP contribution in [0.15, 0.2) is 0 Å². The van der Waals surface area contributed by atoms with E-state index in [0.717, 1.165) is 32.5 Å². The third kappa shape index (κ3) is 5.14. The number of carbonyl (C=O) groups is 1. The fraction of sp³-hybridized carbons (Fsp3) is 0.909. The average Bonchev–Trinajstić information content (AvgIpc) is 2.27. The first-order chi connectivity index (χ1) is 7.22. The molecule has 4 nitrogen and oxygen atoms in total. The molecule has 3 N–H and O–H groups in total. The van der Waals surface area contributed by atoms with Gasteiger partial charge in [-0.2, -0.15) is 0 Å². The van der Waals surface area contributed by atoms with Gasteiger partial charge in [-0.05, 0) is 31.7 Å². The number of nitrogens with one attached hydrogen (secondary N) is 1. The first kappa shape index (κ1) is 12.5. The van der Waals surface area contributed by atoms with E-state index in [2.05, 4.69) is 12.2 Å². The lowest BCUT2D eigenvalue weighted by molar-refractivity contribution is -0.122. The first-order valence-electron chi connectivity index (χ1n) is 5.79. The highest BCUT2D eigenvalue weighted by Gasteiger charge is 2.15. The zero-order chi connectivity index (χ0) is 11.1. The summed E-state index contributed by atoms with van der Waals surface area (Å²) in [5, 5.41) is 3.04. The van der Waals surface area contributed by atoms with Crippen molar-refractivity contribution in [3.05, 3.63) is 0 Å². The monoisotopic (exact) mass is 214 g/mol. The molecule has 0 bridgehead atoms. The lowest BCUT2D eigenvalue weighted by Crippen LogP contribution is -2.39. The van der Waals surface area contributed by atoms with E-state index in [0.29, 0.717) is 24.9 Å². The zero-order valence-corrected chi connectivity index (χ0v) is 9.50. The number of hydrogen-bond donors (Lipinski definition) is 2. The molecule has 1 aliphatic heterocycles. The van der Waals surface area contributed by atoms with Crippen LogP contribution < -0.4 is 11.1 Å². The third-order valence-corrected chi connectivity index (χ3v) is 2.85. The zero-order valence-electron chi connectivity index (χ0n) is 9.50. The highest BCUT2D eigenvalue weighted by atomic mass is 16.5. The van der Waals surface area contributed by atoms with Gasteiger partial charge >= 0.3 is 0 Å². The predicted octanol–water partition coefficient (Wildman–Crippen LogP) is 0.657. The summed E-state index contributed by atoms with van der Waals surface area (Å²) in [6, 6.07) is 0.319. The summed E-state index contributed by atoms with van der Waals surface area (Å²) in [4.78, 5) is 11.5. The molecule has 0 saturated carbocycles. The van der Waals surface area contributed by atoms with Crippen molar-refractivity contribution in [2.45, 2.75) is 38.6 Å². The van der Waals surface area contributed by atoms with Crippen molar-refractivity contribution in [3.8, 4) is 0 Å². The SMILES string of the molecule is CC(CN)CCC(=O)NC1CCOCC1. The molecular weight excluding hydrogens is 192 g/mol. The maximum absolute atomic E-state index is 11.5. The van der Waals surface area contributed by atoms with Crippen LogP contribution in [0.4, 0.5) is 0 Å². The van der Waals surface area contributed by atoms with E-state index >= 15 is 0 Å². The van der Waals surface area contributed by atoms with Crippen LogP contribution in [0.25, 0.3) is 0 Å². The molecule has 15 heavy (non-hydrogen) atoms. The Kier molecular flexibility index (Phi) is 5.65. The molecule has 0 spiro atoms. The van der Waals surface area contributed by atoms with E-state index in [1.165, 1.54) is 0 Å². The Bertz CT molecular complexity index is 191. The second-order valence-corrected chi connectivity index (χ2v) is 4.33. The Morgan fingerprint density at radius 1 is 1.53 bits per heavy atom. The molecule has 0 aromatic carbocycles. The largest absolute Gasteiger partial charge is 0.381 e. The third-order valence-electron chi connectivity index (χ3n) is 2.85. The van der Waals surface area contributed by atoms with E-state index in [-0.39, 0.29) is 5.91 Å². The Hall–Kier alpha value is -0.610. The molecule has 0 aliphatic carbocycles. The first-order valence-corrected chi connectivity index (χ1v) is 5.79. The lowest BCUT2D eigenvalue weighted by Gasteiger charge is -2.23. The van der Waals surface area contributed by atoms with Gasteiger partial charge in [-0.3, -0.25) is 4.79 Å². The maximum Gasteiger partial charge on any atom is 0.220 e. The van der Waals surface area contributed by atoms with Crippen LogP contribution >= 0.6 is 0 Å². The van der Waals surface area contributed by atoms with Crippen molar-refractivity contribution in [3.63, 3.8) is 0 Å². The molecular formula is C11H22N2O2. The topological polar surface area (TPSA) is 64.4 Å². The molecule has 1 atom stereocenters. The minimum atomic E-state index is 0.155. The summed E-state index contributed by atoms with van der Waals surface area (Å²) < 4.78 is 5.23. The highest BCUT2D eigenvalue weighted by molar-refractivity contribution is 5.76. The Morgan fingerprint density at radius 3 is 2.80 bits per heavy atom. The summed E-state index contributed by atoms with van der Waals surface area (Å²) in [6.45, 7) is 4.26. The second-order valence-electron chi connectivity index (χ2n) is 4.33. The van der Waals surface area contributed by atoms with Gasteiger partial charge < -0.3 is 15.8 Å². The van der Waals surface area contributed by atoms with Crippen LogP contribution in [0.2, 0.25) is 0 Å². The Morgan fingerprint density at radius 2 is 2.20 bits per heavy atom. The van der Waals surface area contributed by atoms with Gasteiger partial charge in [-0.1, -0.05) is 6.92 Å². The Balaban J connectivity index is 2.11. The minimum absolute atomic E-state index is 0.155. The van der Waals surface area contributed by atoms with Gasteiger partial charge in [0, 0.05) is 25.7 Å². The van der Waals surface area contributed by atoms with Crippen LogP contribution in [0.1, 0.15) is 32.6 Å². The number of hydrogen-bond acceptors (Lipinski definition) is 3. The molecule has 1 unspecified atom stereocenters. The minimum Gasteiger partial charge on any atom is -0.381 e. The quantitative estimate of drug-likeness (QED) is 0.706. The van der Waals surface area contributed by atoms with Gasteiger partial charge in [0.15, 0.2) is 0 Å². The number of ether oxygens (including phenoxy) is 1. The van der Waals surface area contributed by atoms with Crippen molar-refractivity contribution in [2.75, 3.05) is 19.8 Å². The predicted molar refractivity (Wildman–Crippen MR) is 59.4 cm³/mol. The molecule has 0 radical (unpaired) electrons. The van der Waals surface area contributed by atoms with Crippen LogP contribution in [-0.2, 0) is 9.53 Å². The normalized spacial score (nSPS) is 19.9. The van der Waals surface area contributed by atoms with E-state index < -0.39 is 0 Å². The lowest BCUT2D eigenvalue weighted by atomic mass is 10.0. The van der Waals surface area contributed by atoms with Crippen LogP contribution in [0.5, 0.6) is 0 Å². The summed E-state index contributed by atoms with van der Waals surface area (Å²) >= 11 is 0. The van der Waals surface area contributed by atoms with Gasteiger partial charge in [0.1, 0.15) is 0 Å². The summed E-state index contributed by atoms with van der Waals surface area (Å²) in [5.41, 5.74) is 5.49. The van der Waals surface area contributed by atoms with Gasteiger partial charge in [-0.25, -0.2) is 0 Å². The average molecular weight is 214 g/mol. The molecule has 1 amide bonds. The van der Waals surface area contributed by atoms with E-state index in [4.69, 9.17) is 10.5 Å². The van der Waals surface area contributed by atoms with Crippen molar-refractivity contribution in [1.29, 1.82) is 0 Å².